The number of aromatic nitrogens is 2. The Hall–Kier alpha value is -2.93. The third-order valence-electron chi connectivity index (χ3n) is 6.51. The highest BCUT2D eigenvalue weighted by molar-refractivity contribution is 7.88. The summed E-state index contributed by atoms with van der Waals surface area (Å²) in [6.07, 6.45) is 5.54. The third kappa shape index (κ3) is 6.69. The highest BCUT2D eigenvalue weighted by Crippen LogP contribution is 2.33. The van der Waals surface area contributed by atoms with E-state index in [0.29, 0.717) is 17.4 Å². The number of halogens is 1. The minimum absolute atomic E-state index is 0.165. The van der Waals surface area contributed by atoms with Gasteiger partial charge in [-0.2, -0.15) is 9.29 Å². The van der Waals surface area contributed by atoms with E-state index in [9.17, 15) is 13.2 Å². The summed E-state index contributed by atoms with van der Waals surface area (Å²) in [6.45, 7) is 5.80. The molecule has 0 atom stereocenters. The van der Waals surface area contributed by atoms with E-state index in [2.05, 4.69) is 51.1 Å². The second-order valence-corrected chi connectivity index (χ2v) is 11.8. The lowest BCUT2D eigenvalue weighted by atomic mass is 10.0. The zero-order chi connectivity index (χ0) is 26.7. The average Bonchev–Trinajstić information content (AvgIpc) is 2.82. The summed E-state index contributed by atoms with van der Waals surface area (Å²) in [4.78, 5) is 25.3. The molecule has 3 heterocycles. The second kappa shape index (κ2) is 11.2. The number of hydrogen-bond acceptors (Lipinski definition) is 9. The number of nitrogens with one attached hydrogen (secondary N) is 2. The zero-order valence-electron chi connectivity index (χ0n) is 21.1. The summed E-state index contributed by atoms with van der Waals surface area (Å²) in [5.74, 6) is 0.112. The van der Waals surface area contributed by atoms with Gasteiger partial charge in [-0.3, -0.25) is 4.79 Å². The van der Waals surface area contributed by atoms with Crippen LogP contribution in [-0.2, 0) is 14.8 Å². The number of carbonyl (C=O) groups is 1. The number of hydrogen-bond donors (Lipinski definition) is 2. The van der Waals surface area contributed by atoms with Gasteiger partial charge in [0.15, 0.2) is 0 Å². The van der Waals surface area contributed by atoms with Gasteiger partial charge in [-0.1, -0.05) is 18.2 Å². The summed E-state index contributed by atoms with van der Waals surface area (Å²) >= 11 is 6.21. The number of carbonyl (C=O) groups excluding carboxylic acids is 1. The molecule has 0 saturated carbocycles. The Balaban J connectivity index is 1.49. The summed E-state index contributed by atoms with van der Waals surface area (Å²) < 4.78 is 30.3. The predicted octanol–water partition coefficient (Wildman–Crippen LogP) is 2.55. The molecule has 0 unspecified atom stereocenters. The van der Waals surface area contributed by atoms with Gasteiger partial charge in [-0.25, -0.2) is 13.4 Å². The summed E-state index contributed by atoms with van der Waals surface area (Å²) in [7, 11) is 0.949. The second-order valence-electron chi connectivity index (χ2n) is 9.40. The molecule has 1 aromatic carbocycles. The van der Waals surface area contributed by atoms with Gasteiger partial charge >= 0.3 is 0 Å². The third-order valence-corrected chi connectivity index (χ3v) is 8.00. The smallest absolute Gasteiger partial charge is 0.247 e. The zero-order valence-corrected chi connectivity index (χ0v) is 22.7. The molecule has 2 aliphatic rings. The van der Waals surface area contributed by atoms with Crippen LogP contribution >= 0.6 is 11.6 Å². The first-order valence-electron chi connectivity index (χ1n) is 11.9. The maximum absolute atomic E-state index is 12.2. The molecule has 2 aromatic rings. The molecule has 11 nitrogen and oxygen atoms in total. The van der Waals surface area contributed by atoms with E-state index in [1.54, 1.807) is 0 Å². The van der Waals surface area contributed by atoms with Gasteiger partial charge in [0.05, 0.1) is 36.9 Å². The Labute approximate surface area is 222 Å². The fraction of sp³-hybridized carbons (Fsp3) is 0.458. The quantitative estimate of drug-likeness (QED) is 0.455. The van der Waals surface area contributed by atoms with E-state index in [4.69, 9.17) is 16.3 Å². The fourth-order valence-corrected chi connectivity index (χ4v) is 5.33. The molecule has 0 aliphatic carbocycles. The van der Waals surface area contributed by atoms with Crippen LogP contribution in [0.1, 0.15) is 12.8 Å². The van der Waals surface area contributed by atoms with Crippen molar-refractivity contribution in [2.24, 2.45) is 0 Å². The van der Waals surface area contributed by atoms with Crippen LogP contribution in [-0.4, -0.2) is 92.2 Å². The van der Waals surface area contributed by atoms with Gasteiger partial charge in [0.2, 0.25) is 27.8 Å². The van der Waals surface area contributed by atoms with Crippen LogP contribution in [0.25, 0.3) is 0 Å². The standard InChI is InChI=1S/C24H32ClN7O4S/c1-5-22(33)28-20-12-16(6-7-21(20)31-10-8-17(9-11-31)30(2)3)27-24-26-13-19(25)23(29-24)36-18-14-32(15-18)37(4,34)35/h5-7,12-13,17-18H,1,8-11,14-15H2,2-4H3,(H,28,33)(H,26,27,29). The number of amides is 1. The van der Waals surface area contributed by atoms with Crippen molar-refractivity contribution in [3.05, 3.63) is 42.1 Å². The molecule has 1 aromatic heterocycles. The SMILES string of the molecule is C=CC(=O)Nc1cc(Nc2ncc(Cl)c(OC3CN(S(C)(=O)=O)C3)n2)ccc1N1CCC(N(C)C)CC1. The Bertz CT molecular complexity index is 1260. The van der Waals surface area contributed by atoms with Crippen LogP contribution in [0.2, 0.25) is 5.02 Å². The van der Waals surface area contributed by atoms with Crippen LogP contribution in [0.5, 0.6) is 5.88 Å². The van der Waals surface area contributed by atoms with Crippen molar-refractivity contribution in [2.75, 3.05) is 62.1 Å². The van der Waals surface area contributed by atoms with Crippen LogP contribution in [0.3, 0.4) is 0 Å². The monoisotopic (exact) mass is 549 g/mol. The van der Waals surface area contributed by atoms with Crippen LogP contribution < -0.4 is 20.3 Å². The molecule has 0 spiro atoms. The van der Waals surface area contributed by atoms with Crippen molar-refractivity contribution in [3.8, 4) is 5.88 Å². The number of sulfonamides is 1. The molecule has 0 radical (unpaired) electrons. The topological polar surface area (TPSA) is 120 Å². The number of rotatable bonds is 9. The normalized spacial score (nSPS) is 17.4. The number of anilines is 4. The van der Waals surface area contributed by atoms with Crippen LogP contribution in [0.15, 0.2) is 37.1 Å². The summed E-state index contributed by atoms with van der Waals surface area (Å²) in [5.41, 5.74) is 2.24. The van der Waals surface area contributed by atoms with E-state index >= 15 is 0 Å². The average molecular weight is 550 g/mol. The van der Waals surface area contributed by atoms with E-state index in [1.165, 1.54) is 16.6 Å². The molecule has 2 fully saturated rings. The lowest BCUT2D eigenvalue weighted by Crippen LogP contribution is -2.55. The number of piperidine rings is 1. The van der Waals surface area contributed by atoms with E-state index < -0.39 is 10.0 Å². The van der Waals surface area contributed by atoms with Crippen molar-refractivity contribution < 1.29 is 17.9 Å². The first kappa shape index (κ1) is 27.1. The molecule has 1 amide bonds. The van der Waals surface area contributed by atoms with Gasteiger partial charge in [0, 0.05) is 24.8 Å². The lowest BCUT2D eigenvalue weighted by Gasteiger charge is -2.37. The van der Waals surface area contributed by atoms with Gasteiger partial charge in [-0.15, -0.1) is 0 Å². The molecule has 2 aliphatic heterocycles. The largest absolute Gasteiger partial charge is 0.470 e. The van der Waals surface area contributed by atoms with Gasteiger partial charge in [-0.05, 0) is 51.2 Å². The molecule has 200 valence electrons. The molecule has 2 N–H and O–H groups in total. The van der Waals surface area contributed by atoms with Crippen molar-refractivity contribution in [2.45, 2.75) is 25.0 Å². The Morgan fingerprint density at radius 2 is 1.97 bits per heavy atom. The van der Waals surface area contributed by atoms with Crippen LogP contribution in [0, 0.1) is 0 Å². The highest BCUT2D eigenvalue weighted by Gasteiger charge is 2.35. The number of nitrogens with zero attached hydrogens (tertiary/aromatic N) is 5. The van der Waals surface area contributed by atoms with Crippen molar-refractivity contribution in [1.82, 2.24) is 19.2 Å². The number of ether oxygens (including phenoxy) is 1. The molecule has 2 saturated heterocycles. The van der Waals surface area contributed by atoms with E-state index in [-0.39, 0.29) is 42.0 Å². The van der Waals surface area contributed by atoms with Crippen molar-refractivity contribution in [3.63, 3.8) is 0 Å². The Morgan fingerprint density at radius 3 is 2.59 bits per heavy atom. The summed E-state index contributed by atoms with van der Waals surface area (Å²) in [5, 5.41) is 6.26. The molecule has 0 bridgehead atoms. The summed E-state index contributed by atoms with van der Waals surface area (Å²) in [6, 6.07) is 6.21. The minimum Gasteiger partial charge on any atom is -0.470 e. The fourth-order valence-electron chi connectivity index (χ4n) is 4.32. The van der Waals surface area contributed by atoms with Crippen LogP contribution in [0.4, 0.5) is 23.0 Å². The molecular formula is C24H32ClN7O4S. The first-order chi connectivity index (χ1) is 17.5. The van der Waals surface area contributed by atoms with Gasteiger partial charge < -0.3 is 25.2 Å². The maximum Gasteiger partial charge on any atom is 0.247 e. The lowest BCUT2D eigenvalue weighted by molar-refractivity contribution is -0.111. The van der Waals surface area contributed by atoms with E-state index in [0.717, 1.165) is 37.9 Å². The predicted molar refractivity (Wildman–Crippen MR) is 145 cm³/mol. The molecule has 13 heteroatoms. The number of benzene rings is 1. The maximum atomic E-state index is 12.2. The Kier molecular flexibility index (Phi) is 8.22. The van der Waals surface area contributed by atoms with Gasteiger partial charge in [0.1, 0.15) is 11.1 Å². The first-order valence-corrected chi connectivity index (χ1v) is 14.2. The van der Waals surface area contributed by atoms with Gasteiger partial charge in [0.25, 0.3) is 0 Å². The highest BCUT2D eigenvalue weighted by atomic mass is 35.5. The van der Waals surface area contributed by atoms with E-state index in [1.807, 2.05) is 18.2 Å². The molecule has 37 heavy (non-hydrogen) atoms. The molecule has 4 rings (SSSR count). The van der Waals surface area contributed by atoms with Crippen molar-refractivity contribution >= 4 is 50.5 Å². The Morgan fingerprint density at radius 1 is 1.27 bits per heavy atom. The minimum atomic E-state index is -3.25. The molecular weight excluding hydrogens is 518 g/mol. The van der Waals surface area contributed by atoms with Crippen molar-refractivity contribution in [1.29, 1.82) is 0 Å².